The summed E-state index contributed by atoms with van der Waals surface area (Å²) in [6.45, 7) is 3.41. The molecule has 1 aliphatic carbocycles. The summed E-state index contributed by atoms with van der Waals surface area (Å²) >= 11 is 0. The number of H-pyrrole nitrogens is 1. The van der Waals surface area contributed by atoms with E-state index in [1.165, 1.54) is 0 Å². The molecule has 5 rings (SSSR count). The number of imidazole rings is 1. The predicted molar refractivity (Wildman–Crippen MR) is 159 cm³/mol. The zero-order chi connectivity index (χ0) is 28.2. The summed E-state index contributed by atoms with van der Waals surface area (Å²) in [7, 11) is 5.67. The van der Waals surface area contributed by atoms with E-state index in [0.717, 1.165) is 77.1 Å². The van der Waals surface area contributed by atoms with Crippen molar-refractivity contribution in [1.82, 2.24) is 14.5 Å². The quantitative estimate of drug-likeness (QED) is 0.286. The Hall–Kier alpha value is -4.04. The highest BCUT2D eigenvalue weighted by atomic mass is 16.5. The van der Waals surface area contributed by atoms with Crippen LogP contribution in [0.4, 0.5) is 5.69 Å². The van der Waals surface area contributed by atoms with Crippen LogP contribution in [0.1, 0.15) is 37.3 Å². The van der Waals surface area contributed by atoms with Crippen molar-refractivity contribution in [2.75, 3.05) is 39.7 Å². The average molecular weight is 543 g/mol. The lowest BCUT2D eigenvalue weighted by molar-refractivity contribution is -0.121. The second-order valence-electron chi connectivity index (χ2n) is 10.9. The number of aromatic nitrogens is 2. The van der Waals surface area contributed by atoms with E-state index in [1.54, 1.807) is 7.11 Å². The number of methoxy groups -OCH3 is 1. The summed E-state index contributed by atoms with van der Waals surface area (Å²) in [5.41, 5.74) is 5.33. The molecule has 1 amide bonds. The van der Waals surface area contributed by atoms with Gasteiger partial charge in [0.15, 0.2) is 0 Å². The highest BCUT2D eigenvalue weighted by Gasteiger charge is 2.29. The minimum Gasteiger partial charge on any atom is -0.496 e. The maximum atomic E-state index is 13.2. The molecule has 4 aromatic rings. The topological polar surface area (TPSA) is 88.6 Å². The van der Waals surface area contributed by atoms with Crippen LogP contribution in [0.2, 0.25) is 0 Å². The highest BCUT2D eigenvalue weighted by Crippen LogP contribution is 2.36. The first-order chi connectivity index (χ1) is 19.3. The number of carbonyl (C=O) groups is 1. The fourth-order valence-electron chi connectivity index (χ4n) is 5.59. The van der Waals surface area contributed by atoms with E-state index in [-0.39, 0.29) is 23.6 Å². The summed E-state index contributed by atoms with van der Waals surface area (Å²) in [6, 6.07) is 19.8. The number of hydrogen-bond acceptors (Lipinski definition) is 5. The molecule has 0 spiro atoms. The van der Waals surface area contributed by atoms with Gasteiger partial charge >= 0.3 is 5.69 Å². The van der Waals surface area contributed by atoms with E-state index in [9.17, 15) is 9.59 Å². The van der Waals surface area contributed by atoms with Gasteiger partial charge in [-0.15, -0.1) is 0 Å². The van der Waals surface area contributed by atoms with Gasteiger partial charge in [0.05, 0.1) is 18.1 Å². The Bertz CT molecular complexity index is 1550. The number of carbonyl (C=O) groups excluding carboxylic acids is 1. The first-order valence-electron chi connectivity index (χ1n) is 13.9. The molecule has 40 heavy (non-hydrogen) atoms. The van der Waals surface area contributed by atoms with E-state index in [4.69, 9.17) is 9.47 Å². The van der Waals surface area contributed by atoms with E-state index >= 15 is 0 Å². The van der Waals surface area contributed by atoms with Gasteiger partial charge < -0.3 is 24.7 Å². The van der Waals surface area contributed by atoms with Gasteiger partial charge in [-0.2, -0.15) is 0 Å². The molecule has 210 valence electrons. The Morgan fingerprint density at radius 1 is 1.05 bits per heavy atom. The molecule has 1 aliphatic rings. The third-order valence-electron chi connectivity index (χ3n) is 7.81. The van der Waals surface area contributed by atoms with Gasteiger partial charge in [-0.3, -0.25) is 9.36 Å². The van der Waals surface area contributed by atoms with Gasteiger partial charge in [-0.1, -0.05) is 30.3 Å². The van der Waals surface area contributed by atoms with Crippen LogP contribution in [0.3, 0.4) is 0 Å². The standard InChI is InChI=1S/C32H38N4O4/c1-21-11-14-24(20-29(21)39-4)33-31(37)22-12-15-25(16-13-22)36-28-10-6-9-27(30(28)34-32(36)38)23-7-5-8-26(19-23)40-18-17-35(2)3/h5-11,14,19-20,22,25H,12-13,15-18H2,1-4H3,(H,33,37)(H,34,38). The molecule has 0 unspecified atom stereocenters. The largest absolute Gasteiger partial charge is 0.496 e. The van der Waals surface area contributed by atoms with Gasteiger partial charge in [0.25, 0.3) is 0 Å². The third kappa shape index (κ3) is 5.92. The number of aryl methyl sites for hydroxylation is 1. The van der Waals surface area contributed by atoms with Crippen LogP contribution in [0.5, 0.6) is 11.5 Å². The Labute approximate surface area is 234 Å². The lowest BCUT2D eigenvalue weighted by Crippen LogP contribution is -2.31. The normalized spacial score (nSPS) is 17.2. The Balaban J connectivity index is 1.30. The second-order valence-corrected chi connectivity index (χ2v) is 10.9. The number of fused-ring (bicyclic) bond motifs is 1. The highest BCUT2D eigenvalue weighted by molar-refractivity contribution is 5.93. The number of para-hydroxylation sites is 1. The van der Waals surface area contributed by atoms with Crippen LogP contribution in [0.25, 0.3) is 22.2 Å². The number of ether oxygens (including phenoxy) is 2. The molecule has 0 aliphatic heterocycles. The van der Waals surface area contributed by atoms with Crippen LogP contribution < -0.4 is 20.5 Å². The molecule has 1 heterocycles. The maximum Gasteiger partial charge on any atom is 0.326 e. The zero-order valence-corrected chi connectivity index (χ0v) is 23.7. The number of aromatic amines is 1. The first-order valence-corrected chi connectivity index (χ1v) is 13.9. The van der Waals surface area contributed by atoms with Crippen molar-refractivity contribution in [1.29, 1.82) is 0 Å². The SMILES string of the molecule is COc1cc(NC(=O)C2CCC(n3c(=O)[nH]c4c(-c5cccc(OCCN(C)C)c5)cccc43)CC2)ccc1C. The minimum atomic E-state index is -0.111. The lowest BCUT2D eigenvalue weighted by atomic mass is 9.85. The summed E-state index contributed by atoms with van der Waals surface area (Å²) < 4.78 is 13.2. The smallest absolute Gasteiger partial charge is 0.326 e. The number of benzene rings is 3. The van der Waals surface area contributed by atoms with E-state index < -0.39 is 0 Å². The van der Waals surface area contributed by atoms with Crippen molar-refractivity contribution in [2.24, 2.45) is 5.92 Å². The molecule has 1 aromatic heterocycles. The molecule has 8 nitrogen and oxygen atoms in total. The second kappa shape index (κ2) is 12.0. The van der Waals surface area contributed by atoms with Crippen LogP contribution in [-0.4, -0.2) is 54.7 Å². The van der Waals surface area contributed by atoms with Crippen molar-refractivity contribution >= 4 is 22.6 Å². The molecule has 8 heteroatoms. The van der Waals surface area contributed by atoms with E-state index in [2.05, 4.69) is 15.2 Å². The van der Waals surface area contributed by atoms with E-state index in [1.807, 2.05) is 86.2 Å². The molecular weight excluding hydrogens is 504 g/mol. The molecule has 0 radical (unpaired) electrons. The number of likely N-dealkylation sites (N-methyl/N-ethyl adjacent to an activating group) is 1. The Morgan fingerprint density at radius 3 is 2.58 bits per heavy atom. The average Bonchev–Trinajstić information content (AvgIpc) is 3.29. The summed E-state index contributed by atoms with van der Waals surface area (Å²) in [5, 5.41) is 3.05. The Morgan fingerprint density at radius 2 is 1.82 bits per heavy atom. The van der Waals surface area contributed by atoms with Crippen molar-refractivity contribution in [3.63, 3.8) is 0 Å². The monoisotopic (exact) mass is 542 g/mol. The molecule has 3 aromatic carbocycles. The number of anilines is 1. The van der Waals surface area contributed by atoms with Crippen molar-refractivity contribution in [2.45, 2.75) is 38.6 Å². The number of rotatable bonds is 9. The fraction of sp³-hybridized carbons (Fsp3) is 0.375. The number of hydrogen-bond donors (Lipinski definition) is 2. The number of nitrogens with one attached hydrogen (secondary N) is 2. The van der Waals surface area contributed by atoms with Gasteiger partial charge in [0.2, 0.25) is 5.91 Å². The van der Waals surface area contributed by atoms with Gasteiger partial charge in [-0.05, 0) is 82.1 Å². The maximum absolute atomic E-state index is 13.2. The predicted octanol–water partition coefficient (Wildman–Crippen LogP) is 5.62. The lowest BCUT2D eigenvalue weighted by Gasteiger charge is -2.28. The van der Waals surface area contributed by atoms with Crippen LogP contribution >= 0.6 is 0 Å². The molecule has 2 N–H and O–H groups in total. The summed E-state index contributed by atoms with van der Waals surface area (Å²) in [6.07, 6.45) is 2.98. The van der Waals surface area contributed by atoms with Crippen LogP contribution in [-0.2, 0) is 4.79 Å². The molecule has 0 atom stereocenters. The minimum absolute atomic E-state index is 0.0191. The van der Waals surface area contributed by atoms with E-state index in [0.29, 0.717) is 6.61 Å². The van der Waals surface area contributed by atoms with Crippen molar-refractivity contribution in [3.05, 3.63) is 76.7 Å². The summed E-state index contributed by atoms with van der Waals surface area (Å²) in [4.78, 5) is 31.4. The number of amides is 1. The molecule has 1 fully saturated rings. The first kappa shape index (κ1) is 27.5. The van der Waals surface area contributed by atoms with Crippen LogP contribution in [0, 0.1) is 12.8 Å². The van der Waals surface area contributed by atoms with Crippen molar-refractivity contribution in [3.8, 4) is 22.6 Å². The van der Waals surface area contributed by atoms with Crippen molar-refractivity contribution < 1.29 is 14.3 Å². The molecular formula is C32H38N4O4. The Kier molecular flexibility index (Phi) is 8.26. The van der Waals surface area contributed by atoms with Gasteiger partial charge in [0.1, 0.15) is 18.1 Å². The summed E-state index contributed by atoms with van der Waals surface area (Å²) in [5.74, 6) is 1.49. The van der Waals surface area contributed by atoms with Gasteiger partial charge in [0, 0.05) is 35.8 Å². The third-order valence-corrected chi connectivity index (χ3v) is 7.81. The molecule has 0 bridgehead atoms. The van der Waals surface area contributed by atoms with Gasteiger partial charge in [-0.25, -0.2) is 4.79 Å². The molecule has 0 saturated heterocycles. The zero-order valence-electron chi connectivity index (χ0n) is 23.7. The fourth-order valence-corrected chi connectivity index (χ4v) is 5.59. The number of nitrogens with zero attached hydrogens (tertiary/aromatic N) is 2. The van der Waals surface area contributed by atoms with Crippen LogP contribution in [0.15, 0.2) is 65.5 Å². The molecule has 1 saturated carbocycles.